The molecule has 8 heavy (non-hydrogen) atoms. The number of hydrogen-bond acceptors (Lipinski definition) is 3. The molecule has 1 heterocycles. The highest BCUT2D eigenvalue weighted by Crippen LogP contribution is 1.73. The van der Waals surface area contributed by atoms with Gasteiger partial charge in [0.2, 0.25) is 0 Å². The maximum atomic E-state index is 3.71. The minimum atomic E-state index is 0.722. The molecule has 0 aromatic carbocycles. The number of aromatic nitrogens is 3. The van der Waals surface area contributed by atoms with Crippen LogP contribution in [0, 0.1) is 0 Å². The average molecular weight is 112 g/mol. The number of nitrogens with one attached hydrogen (secondary N) is 1. The van der Waals surface area contributed by atoms with E-state index >= 15 is 0 Å². The zero-order valence-corrected chi connectivity index (χ0v) is 4.70. The normalized spacial score (nSPS) is 9.62. The van der Waals surface area contributed by atoms with Crippen LogP contribution in [0.2, 0.25) is 0 Å². The first-order chi connectivity index (χ1) is 3.93. The van der Waals surface area contributed by atoms with Gasteiger partial charge in [0.25, 0.3) is 0 Å². The molecular formula is C4H8N4. The van der Waals surface area contributed by atoms with Crippen molar-refractivity contribution >= 4 is 0 Å². The summed E-state index contributed by atoms with van der Waals surface area (Å²) in [6.07, 6.45) is 3.45. The van der Waals surface area contributed by atoms with Crippen molar-refractivity contribution in [3.63, 3.8) is 0 Å². The molecular weight excluding hydrogens is 104 g/mol. The number of rotatable bonds is 2. The first-order valence-corrected chi connectivity index (χ1v) is 2.42. The third-order valence-electron chi connectivity index (χ3n) is 0.792. The highest BCUT2D eigenvalue weighted by atomic mass is 15.4. The molecule has 1 rings (SSSR count). The lowest BCUT2D eigenvalue weighted by Crippen LogP contribution is -2.13. The first kappa shape index (κ1) is 5.24. The van der Waals surface area contributed by atoms with Crippen molar-refractivity contribution in [1.82, 2.24) is 20.3 Å². The lowest BCUT2D eigenvalue weighted by atomic mass is 10.9. The van der Waals surface area contributed by atoms with E-state index in [2.05, 4.69) is 15.6 Å². The predicted molar refractivity (Wildman–Crippen MR) is 29.1 cm³/mol. The van der Waals surface area contributed by atoms with Gasteiger partial charge >= 0.3 is 0 Å². The molecule has 4 heteroatoms. The summed E-state index contributed by atoms with van der Waals surface area (Å²) >= 11 is 0. The van der Waals surface area contributed by atoms with Crippen LogP contribution < -0.4 is 5.32 Å². The Labute approximate surface area is 47.5 Å². The predicted octanol–water partition coefficient (Wildman–Crippen LogP) is -0.545. The van der Waals surface area contributed by atoms with Gasteiger partial charge in [-0.15, -0.1) is 5.10 Å². The molecule has 0 amide bonds. The fourth-order valence-electron chi connectivity index (χ4n) is 0.479. The van der Waals surface area contributed by atoms with Crippen LogP contribution in [0.3, 0.4) is 0 Å². The van der Waals surface area contributed by atoms with Gasteiger partial charge in [-0.1, -0.05) is 5.21 Å². The number of hydrogen-bond donors (Lipinski definition) is 1. The van der Waals surface area contributed by atoms with E-state index in [0.29, 0.717) is 0 Å². The van der Waals surface area contributed by atoms with Crippen molar-refractivity contribution < 1.29 is 0 Å². The van der Waals surface area contributed by atoms with E-state index in [1.807, 2.05) is 7.05 Å². The summed E-state index contributed by atoms with van der Waals surface area (Å²) in [5, 5.41) is 10.3. The zero-order chi connectivity index (χ0) is 5.82. The molecule has 0 bridgehead atoms. The molecule has 0 saturated heterocycles. The monoisotopic (exact) mass is 112 g/mol. The van der Waals surface area contributed by atoms with Crippen molar-refractivity contribution in [3.05, 3.63) is 12.4 Å². The van der Waals surface area contributed by atoms with Crippen LogP contribution in [0.1, 0.15) is 0 Å². The Kier molecular flexibility index (Phi) is 1.58. The first-order valence-electron chi connectivity index (χ1n) is 2.42. The van der Waals surface area contributed by atoms with Gasteiger partial charge in [0.15, 0.2) is 0 Å². The van der Waals surface area contributed by atoms with Gasteiger partial charge in [-0.2, -0.15) is 0 Å². The summed E-state index contributed by atoms with van der Waals surface area (Å²) in [5.41, 5.74) is 0. The molecule has 4 nitrogen and oxygen atoms in total. The Balaban J connectivity index is 2.50. The molecule has 44 valence electrons. The summed E-state index contributed by atoms with van der Waals surface area (Å²) in [4.78, 5) is 0. The molecule has 0 saturated carbocycles. The van der Waals surface area contributed by atoms with Crippen molar-refractivity contribution in [2.24, 2.45) is 0 Å². The van der Waals surface area contributed by atoms with Crippen molar-refractivity contribution in [1.29, 1.82) is 0 Å². The van der Waals surface area contributed by atoms with Crippen LogP contribution in [-0.4, -0.2) is 22.0 Å². The Bertz CT molecular complexity index is 134. The summed E-state index contributed by atoms with van der Waals surface area (Å²) in [6.45, 7) is 0.722. The molecule has 0 radical (unpaired) electrons. The van der Waals surface area contributed by atoms with Crippen molar-refractivity contribution in [2.45, 2.75) is 6.67 Å². The Morgan fingerprint density at radius 1 is 1.75 bits per heavy atom. The molecule has 0 aliphatic carbocycles. The lowest BCUT2D eigenvalue weighted by Gasteiger charge is -1.93. The Morgan fingerprint density at radius 3 is 3.12 bits per heavy atom. The SMILES string of the molecule is CNCn1ccnn1. The third-order valence-corrected chi connectivity index (χ3v) is 0.792. The van der Waals surface area contributed by atoms with Gasteiger partial charge in [0, 0.05) is 6.20 Å². The lowest BCUT2D eigenvalue weighted by molar-refractivity contribution is 0.537. The largest absolute Gasteiger partial charge is 0.301 e. The van der Waals surface area contributed by atoms with Gasteiger partial charge in [-0.05, 0) is 7.05 Å². The quantitative estimate of drug-likeness (QED) is 0.558. The zero-order valence-electron chi connectivity index (χ0n) is 4.70. The van der Waals surface area contributed by atoms with E-state index in [-0.39, 0.29) is 0 Å². The topological polar surface area (TPSA) is 42.7 Å². The molecule has 0 spiro atoms. The van der Waals surface area contributed by atoms with Crippen LogP contribution in [0.15, 0.2) is 12.4 Å². The summed E-state index contributed by atoms with van der Waals surface area (Å²) in [7, 11) is 1.86. The average Bonchev–Trinajstić information content (AvgIpc) is 2.19. The van der Waals surface area contributed by atoms with E-state index in [0.717, 1.165) is 6.67 Å². The second kappa shape index (κ2) is 2.42. The highest BCUT2D eigenvalue weighted by Gasteiger charge is 1.82. The summed E-state index contributed by atoms with van der Waals surface area (Å²) < 4.78 is 1.71. The molecule has 1 N–H and O–H groups in total. The van der Waals surface area contributed by atoms with Crippen LogP contribution in [0.4, 0.5) is 0 Å². The Hall–Kier alpha value is -0.900. The van der Waals surface area contributed by atoms with Gasteiger partial charge in [-0.25, -0.2) is 4.68 Å². The van der Waals surface area contributed by atoms with Gasteiger partial charge in [0.05, 0.1) is 12.9 Å². The van der Waals surface area contributed by atoms with Crippen LogP contribution in [0.5, 0.6) is 0 Å². The molecule has 0 aliphatic heterocycles. The van der Waals surface area contributed by atoms with E-state index in [4.69, 9.17) is 0 Å². The molecule has 1 aromatic rings. The van der Waals surface area contributed by atoms with Gasteiger partial charge in [0.1, 0.15) is 0 Å². The van der Waals surface area contributed by atoms with E-state index < -0.39 is 0 Å². The maximum absolute atomic E-state index is 3.71. The molecule has 0 unspecified atom stereocenters. The third kappa shape index (κ3) is 1.04. The molecule has 0 aliphatic rings. The van der Waals surface area contributed by atoms with Crippen molar-refractivity contribution in [2.75, 3.05) is 7.05 Å². The molecule has 0 atom stereocenters. The highest BCUT2D eigenvalue weighted by molar-refractivity contribution is 4.62. The van der Waals surface area contributed by atoms with Crippen LogP contribution >= 0.6 is 0 Å². The van der Waals surface area contributed by atoms with Crippen LogP contribution in [0.25, 0.3) is 0 Å². The fourth-order valence-corrected chi connectivity index (χ4v) is 0.479. The maximum Gasteiger partial charge on any atom is 0.0919 e. The van der Waals surface area contributed by atoms with Gasteiger partial charge < -0.3 is 5.32 Å². The summed E-state index contributed by atoms with van der Waals surface area (Å²) in [5.74, 6) is 0. The fraction of sp³-hybridized carbons (Fsp3) is 0.500. The van der Waals surface area contributed by atoms with Crippen molar-refractivity contribution in [3.8, 4) is 0 Å². The Morgan fingerprint density at radius 2 is 2.62 bits per heavy atom. The minimum Gasteiger partial charge on any atom is -0.301 e. The minimum absolute atomic E-state index is 0.722. The number of nitrogens with zero attached hydrogens (tertiary/aromatic N) is 3. The van der Waals surface area contributed by atoms with E-state index in [1.165, 1.54) is 0 Å². The second-order valence-electron chi connectivity index (χ2n) is 1.45. The molecule has 1 aromatic heterocycles. The van der Waals surface area contributed by atoms with Gasteiger partial charge in [-0.3, -0.25) is 0 Å². The van der Waals surface area contributed by atoms with Crippen LogP contribution in [-0.2, 0) is 6.67 Å². The van der Waals surface area contributed by atoms with E-state index in [9.17, 15) is 0 Å². The molecule has 0 fully saturated rings. The second-order valence-corrected chi connectivity index (χ2v) is 1.45. The standard InChI is InChI=1S/C4H8N4/c1-5-4-8-3-2-6-7-8/h2-3,5H,4H2,1H3. The van der Waals surface area contributed by atoms with E-state index in [1.54, 1.807) is 17.1 Å². The summed E-state index contributed by atoms with van der Waals surface area (Å²) in [6, 6.07) is 0. The smallest absolute Gasteiger partial charge is 0.0919 e.